The van der Waals surface area contributed by atoms with Gasteiger partial charge in [0, 0.05) is 17.9 Å². The van der Waals surface area contributed by atoms with Crippen LogP contribution in [-0.4, -0.2) is 19.1 Å². The van der Waals surface area contributed by atoms with Gasteiger partial charge in [-0.3, -0.25) is 4.79 Å². The number of nitrogen functional groups attached to an aromatic ring is 1. The van der Waals surface area contributed by atoms with Crippen LogP contribution in [0.15, 0.2) is 42.5 Å². The Morgan fingerprint density at radius 2 is 1.90 bits per heavy atom. The molecule has 2 aromatic rings. The van der Waals surface area contributed by atoms with Crippen LogP contribution in [0, 0.1) is 6.92 Å². The molecule has 2 aromatic carbocycles. The van der Waals surface area contributed by atoms with Gasteiger partial charge in [0.2, 0.25) is 0 Å². The van der Waals surface area contributed by atoms with Gasteiger partial charge in [-0.05, 0) is 48.9 Å². The molecule has 0 aromatic heterocycles. The Morgan fingerprint density at radius 1 is 1.19 bits per heavy atom. The summed E-state index contributed by atoms with van der Waals surface area (Å²) < 4.78 is 5.58. The predicted molar refractivity (Wildman–Crippen MR) is 84.5 cm³/mol. The number of aryl methyl sites for hydroxylation is 1. The van der Waals surface area contributed by atoms with E-state index >= 15 is 0 Å². The number of anilines is 2. The number of carbonyl (C=O) groups is 1. The van der Waals surface area contributed by atoms with Crippen LogP contribution in [0.1, 0.15) is 15.9 Å². The van der Waals surface area contributed by atoms with Gasteiger partial charge in [-0.2, -0.15) is 0 Å². The molecule has 0 radical (unpaired) electrons. The lowest BCUT2D eigenvalue weighted by Gasteiger charge is -2.12. The Morgan fingerprint density at radius 3 is 2.57 bits per heavy atom. The molecular weight excluding hydrogens is 266 g/mol. The van der Waals surface area contributed by atoms with Gasteiger partial charge in [0.1, 0.15) is 12.4 Å². The number of hydrogen-bond acceptors (Lipinski definition) is 4. The summed E-state index contributed by atoms with van der Waals surface area (Å²) in [5.74, 6) is 0.308. The van der Waals surface area contributed by atoms with Crippen LogP contribution in [0.5, 0.6) is 5.75 Å². The second kappa shape index (κ2) is 6.65. The van der Waals surface area contributed by atoms with Crippen molar-refractivity contribution in [2.45, 2.75) is 6.92 Å². The second-order valence-electron chi connectivity index (χ2n) is 4.76. The van der Waals surface area contributed by atoms with E-state index in [2.05, 4.69) is 5.32 Å². The van der Waals surface area contributed by atoms with Crippen molar-refractivity contribution < 1.29 is 9.53 Å². The number of nitrogens with two attached hydrogens (primary N) is 2. The summed E-state index contributed by atoms with van der Waals surface area (Å²) in [6, 6.07) is 12.7. The Hall–Kier alpha value is -2.69. The molecule has 21 heavy (non-hydrogen) atoms. The summed E-state index contributed by atoms with van der Waals surface area (Å²) >= 11 is 0. The first-order valence-corrected chi connectivity index (χ1v) is 6.69. The fourth-order valence-electron chi connectivity index (χ4n) is 1.94. The number of rotatable bonds is 6. The van der Waals surface area contributed by atoms with Crippen LogP contribution in [0.2, 0.25) is 0 Å². The van der Waals surface area contributed by atoms with E-state index in [0.29, 0.717) is 24.4 Å². The molecule has 5 nitrogen and oxygen atoms in total. The van der Waals surface area contributed by atoms with Gasteiger partial charge in [0.05, 0.1) is 5.56 Å². The van der Waals surface area contributed by atoms with Crippen LogP contribution in [-0.2, 0) is 0 Å². The zero-order chi connectivity index (χ0) is 15.2. The van der Waals surface area contributed by atoms with Gasteiger partial charge in [-0.1, -0.05) is 6.07 Å². The molecule has 5 heteroatoms. The summed E-state index contributed by atoms with van der Waals surface area (Å²) in [7, 11) is 0. The van der Waals surface area contributed by atoms with Crippen molar-refractivity contribution in [1.29, 1.82) is 0 Å². The standard InChI is InChI=1S/C16H19N3O2/c1-11-2-7-14(16(18)20)15(10-11)19-8-9-21-13-5-3-12(17)4-6-13/h2-7,10,19H,8-9,17H2,1H3,(H2,18,20). The van der Waals surface area contributed by atoms with Gasteiger partial charge >= 0.3 is 0 Å². The highest BCUT2D eigenvalue weighted by Crippen LogP contribution is 2.17. The lowest BCUT2D eigenvalue weighted by molar-refractivity contribution is 0.100. The minimum atomic E-state index is -0.447. The average molecular weight is 285 g/mol. The van der Waals surface area contributed by atoms with Crippen molar-refractivity contribution in [2.24, 2.45) is 5.73 Å². The van der Waals surface area contributed by atoms with Gasteiger partial charge in [0.25, 0.3) is 5.91 Å². The third-order valence-corrected chi connectivity index (χ3v) is 3.01. The third kappa shape index (κ3) is 4.14. The molecule has 0 aliphatic carbocycles. The molecule has 0 atom stereocenters. The van der Waals surface area contributed by atoms with Gasteiger partial charge in [-0.25, -0.2) is 0 Å². The molecule has 0 saturated carbocycles. The monoisotopic (exact) mass is 285 g/mol. The summed E-state index contributed by atoms with van der Waals surface area (Å²) in [4.78, 5) is 11.4. The van der Waals surface area contributed by atoms with Crippen molar-refractivity contribution in [2.75, 3.05) is 24.2 Å². The minimum Gasteiger partial charge on any atom is -0.492 e. The van der Waals surface area contributed by atoms with Crippen LogP contribution in [0.25, 0.3) is 0 Å². The Balaban J connectivity index is 1.90. The molecule has 1 amide bonds. The zero-order valence-corrected chi connectivity index (χ0v) is 11.9. The molecule has 0 aliphatic rings. The average Bonchev–Trinajstić information content (AvgIpc) is 2.45. The van der Waals surface area contributed by atoms with E-state index in [1.807, 2.05) is 31.2 Å². The van der Waals surface area contributed by atoms with E-state index < -0.39 is 5.91 Å². The van der Waals surface area contributed by atoms with Gasteiger partial charge in [0.15, 0.2) is 0 Å². The van der Waals surface area contributed by atoms with E-state index in [-0.39, 0.29) is 0 Å². The maximum Gasteiger partial charge on any atom is 0.250 e. The molecule has 2 rings (SSSR count). The van der Waals surface area contributed by atoms with E-state index in [0.717, 1.165) is 17.0 Å². The smallest absolute Gasteiger partial charge is 0.250 e. The number of primary amides is 1. The normalized spacial score (nSPS) is 10.1. The number of benzene rings is 2. The first-order chi connectivity index (χ1) is 10.1. The van der Waals surface area contributed by atoms with E-state index in [1.54, 1.807) is 18.2 Å². The number of nitrogens with one attached hydrogen (secondary N) is 1. The molecule has 0 heterocycles. The van der Waals surface area contributed by atoms with Crippen molar-refractivity contribution in [3.05, 3.63) is 53.6 Å². The molecule has 0 aliphatic heterocycles. The quantitative estimate of drug-likeness (QED) is 0.560. The summed E-state index contributed by atoms with van der Waals surface area (Å²) in [6.45, 7) is 2.99. The van der Waals surface area contributed by atoms with Gasteiger partial charge in [-0.15, -0.1) is 0 Å². The molecule has 110 valence electrons. The molecule has 0 bridgehead atoms. The predicted octanol–water partition coefficient (Wildman–Crippen LogP) is 2.17. The van der Waals surface area contributed by atoms with Crippen molar-refractivity contribution >= 4 is 17.3 Å². The molecular formula is C16H19N3O2. The van der Waals surface area contributed by atoms with Crippen molar-refractivity contribution in [3.8, 4) is 5.75 Å². The highest BCUT2D eigenvalue weighted by atomic mass is 16.5. The highest BCUT2D eigenvalue weighted by molar-refractivity contribution is 5.98. The number of ether oxygens (including phenoxy) is 1. The first kappa shape index (κ1) is 14.7. The Labute approximate surface area is 123 Å². The minimum absolute atomic E-state index is 0.447. The Bertz CT molecular complexity index is 624. The topological polar surface area (TPSA) is 90.4 Å². The SMILES string of the molecule is Cc1ccc(C(N)=O)c(NCCOc2ccc(N)cc2)c1. The maximum absolute atomic E-state index is 11.4. The van der Waals surface area contributed by atoms with Crippen LogP contribution in [0.3, 0.4) is 0 Å². The molecule has 0 spiro atoms. The first-order valence-electron chi connectivity index (χ1n) is 6.69. The highest BCUT2D eigenvalue weighted by Gasteiger charge is 2.07. The lowest BCUT2D eigenvalue weighted by Crippen LogP contribution is -2.17. The summed E-state index contributed by atoms with van der Waals surface area (Å²) in [6.07, 6.45) is 0. The van der Waals surface area contributed by atoms with Crippen LogP contribution in [0.4, 0.5) is 11.4 Å². The fourth-order valence-corrected chi connectivity index (χ4v) is 1.94. The summed E-state index contributed by atoms with van der Waals surface area (Å²) in [5.41, 5.74) is 13.9. The van der Waals surface area contributed by atoms with E-state index in [4.69, 9.17) is 16.2 Å². The number of amides is 1. The van der Waals surface area contributed by atoms with Gasteiger partial charge < -0.3 is 21.5 Å². The lowest BCUT2D eigenvalue weighted by atomic mass is 10.1. The molecule has 0 fully saturated rings. The van der Waals surface area contributed by atoms with E-state index in [9.17, 15) is 4.79 Å². The second-order valence-corrected chi connectivity index (χ2v) is 4.76. The van der Waals surface area contributed by atoms with E-state index in [1.165, 1.54) is 0 Å². The molecule has 0 unspecified atom stereocenters. The summed E-state index contributed by atoms with van der Waals surface area (Å²) in [5, 5.41) is 3.17. The maximum atomic E-state index is 11.4. The number of hydrogen-bond donors (Lipinski definition) is 3. The Kier molecular flexibility index (Phi) is 4.66. The van der Waals surface area contributed by atoms with Crippen LogP contribution >= 0.6 is 0 Å². The zero-order valence-electron chi connectivity index (χ0n) is 11.9. The van der Waals surface area contributed by atoms with Crippen molar-refractivity contribution in [1.82, 2.24) is 0 Å². The largest absolute Gasteiger partial charge is 0.492 e. The van der Waals surface area contributed by atoms with Crippen LogP contribution < -0.4 is 21.5 Å². The third-order valence-electron chi connectivity index (χ3n) is 3.01. The molecule has 0 saturated heterocycles. The molecule has 5 N–H and O–H groups in total. The van der Waals surface area contributed by atoms with Crippen molar-refractivity contribution in [3.63, 3.8) is 0 Å². The number of carbonyl (C=O) groups excluding carboxylic acids is 1. The fraction of sp³-hybridized carbons (Fsp3) is 0.188.